The van der Waals surface area contributed by atoms with Gasteiger partial charge in [-0.05, 0) is 12.1 Å². The lowest BCUT2D eigenvalue weighted by atomic mass is 10.3. The van der Waals surface area contributed by atoms with Gasteiger partial charge in [-0.3, -0.25) is 0 Å². The number of anilines is 1. The lowest BCUT2D eigenvalue weighted by Crippen LogP contribution is -2.07. The largest absolute Gasteiger partial charge is 0.699 e. The number of nitrogens with zero attached hydrogens (tertiary/aromatic N) is 1. The topological polar surface area (TPSA) is 27.0 Å². The van der Waals surface area contributed by atoms with Crippen LogP contribution in [-0.2, 0) is 0 Å². The Bertz CT molecular complexity index is 201. The van der Waals surface area contributed by atoms with E-state index in [1.807, 2.05) is 31.1 Å². The summed E-state index contributed by atoms with van der Waals surface area (Å²) in [6.45, 7) is 0. The first-order valence-electron chi connectivity index (χ1n) is 3.19. The van der Waals surface area contributed by atoms with Crippen molar-refractivity contribution < 1.29 is 0 Å². The average Bonchev–Trinajstić information content (AvgIpc) is 1.88. The van der Waals surface area contributed by atoms with E-state index in [-0.39, 0.29) is 0 Å². The van der Waals surface area contributed by atoms with Gasteiger partial charge < -0.3 is 10.6 Å². The summed E-state index contributed by atoms with van der Waals surface area (Å²) >= 11 is 0. The summed E-state index contributed by atoms with van der Waals surface area (Å²) in [5, 5.41) is 0. The minimum atomic E-state index is 0.561. The number of rotatable bonds is 1. The lowest BCUT2D eigenvalue weighted by molar-refractivity contribution is 1.13. The van der Waals surface area contributed by atoms with Crippen LogP contribution in [0.2, 0.25) is 0 Å². The van der Waals surface area contributed by atoms with E-state index in [1.165, 1.54) is 0 Å². The van der Waals surface area contributed by atoms with Gasteiger partial charge in [0.05, 0.1) is 0 Å². The second-order valence-electron chi connectivity index (χ2n) is 2.44. The van der Waals surface area contributed by atoms with E-state index >= 15 is 0 Å². The highest BCUT2D eigenvalue weighted by atomic mass is 15.1. The second-order valence-corrected chi connectivity index (χ2v) is 2.44. The second kappa shape index (κ2) is 2.60. The quantitative estimate of drug-likeness (QED) is 0.581. The van der Waals surface area contributed by atoms with E-state index in [2.05, 4.69) is 0 Å². The molecule has 0 saturated heterocycles. The monoisotopic (exact) mass is 135 g/mol. The molecule has 1 aromatic carbocycles. The zero-order valence-electron chi connectivity index (χ0n) is 6.26. The highest BCUT2D eigenvalue weighted by Gasteiger charge is 1.88. The van der Waals surface area contributed by atoms with Crippen LogP contribution in [-0.4, -0.2) is 14.1 Å². The van der Waals surface area contributed by atoms with Gasteiger partial charge in [0.1, 0.15) is 0 Å². The Balaban J connectivity index is 2.89. The highest BCUT2D eigenvalue weighted by Crippen LogP contribution is 2.16. The van der Waals surface area contributed by atoms with Crippen molar-refractivity contribution >= 4 is 11.4 Å². The average molecular weight is 135 g/mol. The van der Waals surface area contributed by atoms with E-state index in [0.29, 0.717) is 5.69 Å². The lowest BCUT2D eigenvalue weighted by Gasteiger charge is -2.13. The Morgan fingerprint density at radius 2 is 1.60 bits per heavy atom. The molecule has 0 aliphatic rings. The maximum Gasteiger partial charge on any atom is 0.0360 e. The molecule has 0 saturated carbocycles. The van der Waals surface area contributed by atoms with Crippen molar-refractivity contribution in [2.45, 2.75) is 0 Å². The summed E-state index contributed by atoms with van der Waals surface area (Å²) in [4.78, 5) is 2.01. The molecule has 1 rings (SSSR count). The molecular weight excluding hydrogens is 124 g/mol. The molecule has 0 atom stereocenters. The third-order valence-electron chi connectivity index (χ3n) is 1.38. The number of nitrogens with one attached hydrogen (secondary N) is 1. The van der Waals surface area contributed by atoms with Crippen LogP contribution in [0.25, 0.3) is 5.73 Å². The van der Waals surface area contributed by atoms with E-state index in [0.717, 1.165) is 5.69 Å². The fourth-order valence-electron chi connectivity index (χ4n) is 0.760. The number of hydrogen-bond acceptors (Lipinski definition) is 1. The van der Waals surface area contributed by atoms with Gasteiger partial charge >= 0.3 is 0 Å². The predicted molar refractivity (Wildman–Crippen MR) is 44.8 cm³/mol. The van der Waals surface area contributed by atoms with Crippen molar-refractivity contribution in [2.75, 3.05) is 19.0 Å². The van der Waals surface area contributed by atoms with Crippen molar-refractivity contribution in [2.24, 2.45) is 0 Å². The molecule has 0 aliphatic carbocycles. The van der Waals surface area contributed by atoms with Crippen molar-refractivity contribution in [1.82, 2.24) is 0 Å². The van der Waals surface area contributed by atoms with Crippen LogP contribution in [0, 0.1) is 0 Å². The van der Waals surface area contributed by atoms with E-state index in [9.17, 15) is 0 Å². The van der Waals surface area contributed by atoms with Crippen LogP contribution in [0.1, 0.15) is 0 Å². The first kappa shape index (κ1) is 6.93. The van der Waals surface area contributed by atoms with Gasteiger partial charge in [-0.2, -0.15) is 0 Å². The number of hydrogen-bond donors (Lipinski definition) is 0. The molecule has 0 bridgehead atoms. The Labute approximate surface area is 61.3 Å². The summed E-state index contributed by atoms with van der Waals surface area (Å²) in [6, 6.07) is 7.44. The molecule has 2 heteroatoms. The van der Waals surface area contributed by atoms with Crippen molar-refractivity contribution in [3.63, 3.8) is 0 Å². The Hall–Kier alpha value is -1.18. The summed E-state index contributed by atoms with van der Waals surface area (Å²) in [5.74, 6) is 0. The fourth-order valence-corrected chi connectivity index (χ4v) is 0.760. The normalized spacial score (nSPS) is 9.40. The smallest absolute Gasteiger partial charge is 0.0360 e. The molecule has 0 aliphatic heterocycles. The van der Waals surface area contributed by atoms with E-state index in [1.54, 1.807) is 12.1 Å². The SMILES string of the molecule is CN(C)c1ccc([NH-])cc1. The molecular formula is C8H11N2-. The highest BCUT2D eigenvalue weighted by molar-refractivity contribution is 5.53. The van der Waals surface area contributed by atoms with Gasteiger partial charge in [-0.1, -0.05) is 12.1 Å². The third kappa shape index (κ3) is 1.41. The zero-order valence-corrected chi connectivity index (χ0v) is 6.26. The minimum Gasteiger partial charge on any atom is -0.699 e. The molecule has 1 N–H and O–H groups in total. The molecule has 2 nitrogen and oxygen atoms in total. The summed E-state index contributed by atoms with van der Waals surface area (Å²) < 4.78 is 0. The van der Waals surface area contributed by atoms with Gasteiger partial charge in [0, 0.05) is 19.8 Å². The molecule has 0 fully saturated rings. The van der Waals surface area contributed by atoms with E-state index in [4.69, 9.17) is 5.73 Å². The van der Waals surface area contributed by atoms with Crippen molar-refractivity contribution in [3.8, 4) is 0 Å². The summed E-state index contributed by atoms with van der Waals surface area (Å²) in [5.41, 5.74) is 8.91. The Kier molecular flexibility index (Phi) is 1.81. The third-order valence-corrected chi connectivity index (χ3v) is 1.38. The Morgan fingerprint density at radius 1 is 1.10 bits per heavy atom. The molecule has 0 aromatic heterocycles. The van der Waals surface area contributed by atoms with Crippen LogP contribution in [0.5, 0.6) is 0 Å². The van der Waals surface area contributed by atoms with Crippen LogP contribution in [0.4, 0.5) is 11.4 Å². The standard InChI is InChI=1S/C8H11N2/c1-10(2)8-5-3-7(9)4-6-8/h3-6,9H,1-2H3/q-1. The Morgan fingerprint density at radius 3 is 2.00 bits per heavy atom. The fraction of sp³-hybridized carbons (Fsp3) is 0.250. The maximum absolute atomic E-state index is 7.21. The molecule has 54 valence electrons. The van der Waals surface area contributed by atoms with Gasteiger partial charge in [-0.25, -0.2) is 0 Å². The molecule has 0 radical (unpaired) electrons. The van der Waals surface area contributed by atoms with Gasteiger partial charge in [0.2, 0.25) is 0 Å². The number of benzene rings is 1. The molecule has 10 heavy (non-hydrogen) atoms. The van der Waals surface area contributed by atoms with Crippen LogP contribution < -0.4 is 4.90 Å². The summed E-state index contributed by atoms with van der Waals surface area (Å²) in [6.07, 6.45) is 0. The molecule has 0 spiro atoms. The zero-order chi connectivity index (χ0) is 7.56. The van der Waals surface area contributed by atoms with Crippen LogP contribution in [0.15, 0.2) is 24.3 Å². The molecule has 0 heterocycles. The van der Waals surface area contributed by atoms with Crippen LogP contribution in [0.3, 0.4) is 0 Å². The molecule has 0 unspecified atom stereocenters. The predicted octanol–water partition coefficient (Wildman–Crippen LogP) is 2.44. The van der Waals surface area contributed by atoms with Crippen molar-refractivity contribution in [1.29, 1.82) is 0 Å². The first-order chi connectivity index (χ1) is 4.70. The maximum atomic E-state index is 7.21. The van der Waals surface area contributed by atoms with Gasteiger partial charge in [0.25, 0.3) is 0 Å². The first-order valence-corrected chi connectivity index (χ1v) is 3.19. The minimum absolute atomic E-state index is 0.561. The molecule has 1 aromatic rings. The van der Waals surface area contributed by atoms with Gasteiger partial charge in [0.15, 0.2) is 0 Å². The molecule has 0 amide bonds. The van der Waals surface area contributed by atoms with E-state index < -0.39 is 0 Å². The summed E-state index contributed by atoms with van der Waals surface area (Å²) in [7, 11) is 3.97. The van der Waals surface area contributed by atoms with Gasteiger partial charge in [-0.15, -0.1) is 5.69 Å². The van der Waals surface area contributed by atoms with Crippen molar-refractivity contribution in [3.05, 3.63) is 30.0 Å². The van der Waals surface area contributed by atoms with Crippen LogP contribution >= 0.6 is 0 Å².